The van der Waals surface area contributed by atoms with Crippen LogP contribution < -0.4 is 0 Å². The number of methoxy groups -OCH3 is 1. The zero-order valence-electron chi connectivity index (χ0n) is 10.0. The maximum atomic E-state index is 11.7. The number of carbonyl (C=O) groups excluding carboxylic acids is 1. The van der Waals surface area contributed by atoms with Gasteiger partial charge in [0, 0.05) is 0 Å². The number of carbonyl (C=O) groups is 1. The van der Waals surface area contributed by atoms with E-state index >= 15 is 0 Å². The molecule has 86 valence electrons. The third kappa shape index (κ3) is 1.79. The fourth-order valence-electron chi connectivity index (χ4n) is 3.90. The molecular weight excluding hydrogens is 188 g/mol. The van der Waals surface area contributed by atoms with E-state index in [1.165, 1.54) is 26.4 Å². The van der Waals surface area contributed by atoms with Gasteiger partial charge in [0.1, 0.15) is 0 Å². The zero-order chi connectivity index (χ0) is 11.0. The van der Waals surface area contributed by atoms with Crippen LogP contribution in [0.25, 0.3) is 0 Å². The molecule has 2 fully saturated rings. The maximum Gasteiger partial charge on any atom is 0.308 e. The topological polar surface area (TPSA) is 26.3 Å². The fraction of sp³-hybridized carbons (Fsp3) is 0.923. The van der Waals surface area contributed by atoms with E-state index in [0.717, 1.165) is 18.3 Å². The van der Waals surface area contributed by atoms with Crippen molar-refractivity contribution in [2.24, 2.45) is 29.6 Å². The van der Waals surface area contributed by atoms with Crippen molar-refractivity contribution in [3.05, 3.63) is 0 Å². The van der Waals surface area contributed by atoms with Gasteiger partial charge in [-0.3, -0.25) is 4.79 Å². The number of fused-ring (bicyclic) bond motifs is 1. The van der Waals surface area contributed by atoms with Gasteiger partial charge in [0.2, 0.25) is 0 Å². The van der Waals surface area contributed by atoms with Crippen LogP contribution in [0.5, 0.6) is 0 Å². The van der Waals surface area contributed by atoms with Gasteiger partial charge in [0.25, 0.3) is 0 Å². The van der Waals surface area contributed by atoms with E-state index in [-0.39, 0.29) is 11.9 Å². The fourth-order valence-corrected chi connectivity index (χ4v) is 3.90. The van der Waals surface area contributed by atoms with Gasteiger partial charge < -0.3 is 4.74 Å². The smallest absolute Gasteiger partial charge is 0.308 e. The molecule has 0 aliphatic heterocycles. The SMILES string of the molecule is COC(=O)C1CCC2C(C)CCC(C)C12. The van der Waals surface area contributed by atoms with Crippen molar-refractivity contribution < 1.29 is 9.53 Å². The number of ether oxygens (including phenoxy) is 1. The largest absolute Gasteiger partial charge is 0.469 e. The first kappa shape index (κ1) is 11.0. The minimum absolute atomic E-state index is 0.0310. The molecular formula is C13H22O2. The molecule has 2 nitrogen and oxygen atoms in total. The monoisotopic (exact) mass is 210 g/mol. The van der Waals surface area contributed by atoms with Crippen molar-refractivity contribution in [3.63, 3.8) is 0 Å². The van der Waals surface area contributed by atoms with E-state index in [0.29, 0.717) is 11.8 Å². The molecule has 0 bridgehead atoms. The molecule has 5 unspecified atom stereocenters. The third-order valence-corrected chi connectivity index (χ3v) is 4.74. The molecule has 0 aromatic heterocycles. The average Bonchev–Trinajstić information content (AvgIpc) is 2.68. The van der Waals surface area contributed by atoms with Crippen LogP contribution in [0.3, 0.4) is 0 Å². The quantitative estimate of drug-likeness (QED) is 0.622. The second kappa shape index (κ2) is 4.15. The molecule has 5 atom stereocenters. The van der Waals surface area contributed by atoms with E-state index in [1.807, 2.05) is 0 Å². The lowest BCUT2D eigenvalue weighted by Crippen LogP contribution is -2.34. The number of rotatable bonds is 1. The highest BCUT2D eigenvalue weighted by Gasteiger charge is 2.47. The molecule has 0 saturated heterocycles. The van der Waals surface area contributed by atoms with Crippen LogP contribution in [0.15, 0.2) is 0 Å². The second-order valence-electron chi connectivity index (χ2n) is 5.48. The Morgan fingerprint density at radius 2 is 1.73 bits per heavy atom. The Hall–Kier alpha value is -0.530. The van der Waals surface area contributed by atoms with E-state index < -0.39 is 0 Å². The van der Waals surface area contributed by atoms with E-state index in [1.54, 1.807) is 0 Å². The standard InChI is InChI=1S/C13H22O2/c1-8-4-5-9(2)12-10(8)6-7-11(12)13(14)15-3/h8-12H,4-7H2,1-3H3. The van der Waals surface area contributed by atoms with Crippen LogP contribution in [0, 0.1) is 29.6 Å². The first-order valence-corrected chi connectivity index (χ1v) is 6.23. The Kier molecular flexibility index (Phi) is 3.03. The van der Waals surface area contributed by atoms with Crippen molar-refractivity contribution in [1.82, 2.24) is 0 Å². The summed E-state index contributed by atoms with van der Waals surface area (Å²) in [6.45, 7) is 4.66. The predicted octanol–water partition coefficient (Wildman–Crippen LogP) is 2.87. The molecule has 2 aliphatic rings. The van der Waals surface area contributed by atoms with Crippen molar-refractivity contribution in [2.75, 3.05) is 7.11 Å². The van der Waals surface area contributed by atoms with Gasteiger partial charge >= 0.3 is 5.97 Å². The van der Waals surface area contributed by atoms with E-state index in [9.17, 15) is 4.79 Å². The Morgan fingerprint density at radius 1 is 1.07 bits per heavy atom. The molecule has 0 amide bonds. The van der Waals surface area contributed by atoms with Gasteiger partial charge in [-0.15, -0.1) is 0 Å². The molecule has 2 heteroatoms. The molecule has 0 aromatic carbocycles. The van der Waals surface area contributed by atoms with Crippen LogP contribution in [0.2, 0.25) is 0 Å². The molecule has 2 saturated carbocycles. The van der Waals surface area contributed by atoms with E-state index in [2.05, 4.69) is 13.8 Å². The summed E-state index contributed by atoms with van der Waals surface area (Å²) in [5, 5.41) is 0. The van der Waals surface area contributed by atoms with Crippen molar-refractivity contribution >= 4 is 5.97 Å². The molecule has 2 aliphatic carbocycles. The highest BCUT2D eigenvalue weighted by molar-refractivity contribution is 5.73. The second-order valence-corrected chi connectivity index (χ2v) is 5.48. The summed E-state index contributed by atoms with van der Waals surface area (Å²) < 4.78 is 4.93. The van der Waals surface area contributed by atoms with E-state index in [4.69, 9.17) is 4.74 Å². The van der Waals surface area contributed by atoms with Gasteiger partial charge in [0.15, 0.2) is 0 Å². The van der Waals surface area contributed by atoms with Crippen LogP contribution in [0.1, 0.15) is 39.5 Å². The summed E-state index contributed by atoms with van der Waals surface area (Å²) in [6, 6.07) is 0. The molecule has 0 spiro atoms. The van der Waals surface area contributed by atoms with Crippen LogP contribution in [-0.4, -0.2) is 13.1 Å². The van der Waals surface area contributed by atoms with Crippen LogP contribution >= 0.6 is 0 Å². The molecule has 2 rings (SSSR count). The average molecular weight is 210 g/mol. The maximum absolute atomic E-state index is 11.7. The van der Waals surface area contributed by atoms with Crippen LogP contribution in [-0.2, 0) is 9.53 Å². The van der Waals surface area contributed by atoms with Crippen LogP contribution in [0.4, 0.5) is 0 Å². The van der Waals surface area contributed by atoms with Gasteiger partial charge in [-0.05, 0) is 36.5 Å². The summed E-state index contributed by atoms with van der Waals surface area (Å²) in [7, 11) is 1.52. The lowest BCUT2D eigenvalue weighted by atomic mass is 9.67. The summed E-state index contributed by atoms with van der Waals surface area (Å²) in [5.41, 5.74) is 0. The normalized spacial score (nSPS) is 44.9. The number of esters is 1. The summed E-state index contributed by atoms with van der Waals surface area (Å²) >= 11 is 0. The summed E-state index contributed by atoms with van der Waals surface area (Å²) in [6.07, 6.45) is 4.92. The molecule has 0 aromatic rings. The Balaban J connectivity index is 2.14. The predicted molar refractivity (Wildman–Crippen MR) is 59.3 cm³/mol. The van der Waals surface area contributed by atoms with Crippen molar-refractivity contribution in [3.8, 4) is 0 Å². The lowest BCUT2D eigenvalue weighted by Gasteiger charge is -2.38. The van der Waals surface area contributed by atoms with Gasteiger partial charge in [-0.1, -0.05) is 26.7 Å². The highest BCUT2D eigenvalue weighted by Crippen LogP contribution is 2.51. The minimum Gasteiger partial charge on any atom is -0.469 e. The van der Waals surface area contributed by atoms with Gasteiger partial charge in [0.05, 0.1) is 13.0 Å². The molecule has 0 radical (unpaired) electrons. The molecule has 15 heavy (non-hydrogen) atoms. The Morgan fingerprint density at radius 3 is 2.40 bits per heavy atom. The summed E-state index contributed by atoms with van der Waals surface area (Å²) in [5.74, 6) is 3.11. The lowest BCUT2D eigenvalue weighted by molar-refractivity contribution is -0.148. The van der Waals surface area contributed by atoms with Crippen molar-refractivity contribution in [2.45, 2.75) is 39.5 Å². The minimum atomic E-state index is 0.0310. The van der Waals surface area contributed by atoms with Gasteiger partial charge in [-0.25, -0.2) is 0 Å². The molecule has 0 N–H and O–H groups in total. The van der Waals surface area contributed by atoms with Crippen molar-refractivity contribution in [1.29, 1.82) is 0 Å². The first-order valence-electron chi connectivity index (χ1n) is 6.23. The number of hydrogen-bond acceptors (Lipinski definition) is 2. The van der Waals surface area contributed by atoms with Gasteiger partial charge in [-0.2, -0.15) is 0 Å². The number of hydrogen-bond donors (Lipinski definition) is 0. The summed E-state index contributed by atoms with van der Waals surface area (Å²) in [4.78, 5) is 11.7. The third-order valence-electron chi connectivity index (χ3n) is 4.74. The molecule has 0 heterocycles. The zero-order valence-corrected chi connectivity index (χ0v) is 10.0. The first-order chi connectivity index (χ1) is 7.15. The Labute approximate surface area is 92.4 Å². The highest BCUT2D eigenvalue weighted by atomic mass is 16.5. The Bertz CT molecular complexity index is 249.